The molecule has 0 aliphatic carbocycles. The van der Waals surface area contributed by atoms with Crippen LogP contribution in [0.2, 0.25) is 0 Å². The number of carbonyl (C=O) groups is 2. The van der Waals surface area contributed by atoms with E-state index < -0.39 is 34.8 Å². The van der Waals surface area contributed by atoms with E-state index in [1.54, 1.807) is 48.5 Å². The van der Waals surface area contributed by atoms with Crippen molar-refractivity contribution in [3.63, 3.8) is 0 Å². The maximum absolute atomic E-state index is 13.7. The first-order valence-corrected chi connectivity index (χ1v) is 10.3. The Bertz CT molecular complexity index is 1250. The molecule has 166 valence electrons. The maximum Gasteiger partial charge on any atom is 0.269 e. The van der Waals surface area contributed by atoms with E-state index in [1.807, 2.05) is 18.2 Å². The molecule has 2 aliphatic rings. The molecule has 0 aromatic heterocycles. The standard InChI is InChI=1S/C24H19N3O6/c1-32-19-13-6-5-12-18(19)25-23(28)20-21(15-8-7-11-17(14-15)27(30)31)26(33-22(20)24(25)29)16-9-3-2-4-10-16/h2-14,20-22H,1H3/t20-,21+,22-/m0/s1. The van der Waals surface area contributed by atoms with E-state index in [2.05, 4.69) is 0 Å². The molecule has 2 amide bonds. The molecule has 0 N–H and O–H groups in total. The van der Waals surface area contributed by atoms with Gasteiger partial charge in [0.15, 0.2) is 6.10 Å². The molecule has 0 spiro atoms. The number of non-ortho nitro benzene ring substituents is 1. The summed E-state index contributed by atoms with van der Waals surface area (Å²) in [5, 5.41) is 12.9. The van der Waals surface area contributed by atoms with Crippen LogP contribution in [0.5, 0.6) is 5.75 Å². The number of rotatable bonds is 5. The van der Waals surface area contributed by atoms with Gasteiger partial charge in [-0.15, -0.1) is 0 Å². The van der Waals surface area contributed by atoms with Gasteiger partial charge in [0.05, 0.1) is 29.4 Å². The quantitative estimate of drug-likeness (QED) is 0.336. The number of anilines is 2. The number of carbonyl (C=O) groups excluding carboxylic acids is 2. The lowest BCUT2D eigenvalue weighted by Gasteiger charge is -2.29. The van der Waals surface area contributed by atoms with Gasteiger partial charge in [0.2, 0.25) is 5.91 Å². The van der Waals surface area contributed by atoms with Crippen molar-refractivity contribution < 1.29 is 24.1 Å². The third-order valence-corrected chi connectivity index (χ3v) is 5.87. The summed E-state index contributed by atoms with van der Waals surface area (Å²) in [6.45, 7) is 0. The summed E-state index contributed by atoms with van der Waals surface area (Å²) >= 11 is 0. The smallest absolute Gasteiger partial charge is 0.269 e. The predicted molar refractivity (Wildman–Crippen MR) is 119 cm³/mol. The van der Waals surface area contributed by atoms with E-state index >= 15 is 0 Å². The highest BCUT2D eigenvalue weighted by Gasteiger charge is 2.60. The molecule has 2 heterocycles. The summed E-state index contributed by atoms with van der Waals surface area (Å²) in [6, 6.07) is 21.1. The number of nitrogens with zero attached hydrogens (tertiary/aromatic N) is 3. The highest BCUT2D eigenvalue weighted by molar-refractivity contribution is 6.24. The average molecular weight is 445 g/mol. The zero-order valence-electron chi connectivity index (χ0n) is 17.5. The SMILES string of the molecule is COc1ccccc1N1C(=O)[C@@H]2[C@H](ON(c3ccccc3)[C@@H]2c2cccc([N+](=O)[O-])c2)C1=O. The monoisotopic (exact) mass is 445 g/mol. The Morgan fingerprint density at radius 3 is 2.39 bits per heavy atom. The second-order valence-corrected chi connectivity index (χ2v) is 7.69. The van der Waals surface area contributed by atoms with Gasteiger partial charge in [-0.2, -0.15) is 0 Å². The lowest BCUT2D eigenvalue weighted by molar-refractivity contribution is -0.384. The molecule has 9 heteroatoms. The number of amides is 2. The normalized spacial score (nSPS) is 21.9. The van der Waals surface area contributed by atoms with Crippen molar-refractivity contribution >= 4 is 28.9 Å². The topological polar surface area (TPSA) is 102 Å². The fourth-order valence-corrected chi connectivity index (χ4v) is 4.43. The van der Waals surface area contributed by atoms with Crippen molar-refractivity contribution in [1.82, 2.24) is 0 Å². The number of ether oxygens (including phenoxy) is 1. The number of benzene rings is 3. The molecule has 9 nitrogen and oxygen atoms in total. The van der Waals surface area contributed by atoms with Crippen LogP contribution in [-0.2, 0) is 14.4 Å². The zero-order chi connectivity index (χ0) is 23.1. The first-order valence-electron chi connectivity index (χ1n) is 10.3. The molecular formula is C24H19N3O6. The van der Waals surface area contributed by atoms with Gasteiger partial charge in [-0.1, -0.05) is 42.5 Å². The highest BCUT2D eigenvalue weighted by Crippen LogP contribution is 2.48. The summed E-state index contributed by atoms with van der Waals surface area (Å²) < 4.78 is 5.35. The molecule has 0 unspecified atom stereocenters. The minimum Gasteiger partial charge on any atom is -0.495 e. The number of hydroxylamine groups is 1. The molecule has 0 saturated carbocycles. The Morgan fingerprint density at radius 2 is 1.67 bits per heavy atom. The van der Waals surface area contributed by atoms with Crippen LogP contribution >= 0.6 is 0 Å². The molecule has 2 fully saturated rings. The van der Waals surface area contributed by atoms with Crippen LogP contribution in [0.4, 0.5) is 17.1 Å². The van der Waals surface area contributed by atoms with Gasteiger partial charge in [0, 0.05) is 12.1 Å². The van der Waals surface area contributed by atoms with Gasteiger partial charge < -0.3 is 4.74 Å². The van der Waals surface area contributed by atoms with Crippen molar-refractivity contribution in [2.24, 2.45) is 5.92 Å². The third-order valence-electron chi connectivity index (χ3n) is 5.87. The first kappa shape index (κ1) is 20.7. The number of hydrogen-bond donors (Lipinski definition) is 0. The van der Waals surface area contributed by atoms with Gasteiger partial charge in [-0.05, 0) is 29.8 Å². The molecule has 3 aromatic rings. The molecule has 3 atom stereocenters. The van der Waals surface area contributed by atoms with Crippen LogP contribution in [0.3, 0.4) is 0 Å². The van der Waals surface area contributed by atoms with Crippen molar-refractivity contribution in [3.05, 3.63) is 94.5 Å². The summed E-state index contributed by atoms with van der Waals surface area (Å²) in [6.07, 6.45) is -1.08. The van der Waals surface area contributed by atoms with Gasteiger partial charge in [0.1, 0.15) is 11.7 Å². The summed E-state index contributed by atoms with van der Waals surface area (Å²) in [7, 11) is 1.46. The number of methoxy groups -OCH3 is 1. The zero-order valence-corrected chi connectivity index (χ0v) is 17.5. The maximum atomic E-state index is 13.7. The Balaban J connectivity index is 1.62. The molecule has 0 bridgehead atoms. The number of hydrogen-bond acceptors (Lipinski definition) is 7. The average Bonchev–Trinajstić information content (AvgIpc) is 3.35. The van der Waals surface area contributed by atoms with Gasteiger partial charge in [-0.3, -0.25) is 24.5 Å². The minimum atomic E-state index is -1.08. The van der Waals surface area contributed by atoms with E-state index in [0.717, 1.165) is 4.90 Å². The fraction of sp³-hybridized carbons (Fsp3) is 0.167. The fourth-order valence-electron chi connectivity index (χ4n) is 4.43. The van der Waals surface area contributed by atoms with E-state index in [4.69, 9.17) is 9.57 Å². The summed E-state index contributed by atoms with van der Waals surface area (Å²) in [5.41, 5.74) is 1.36. The predicted octanol–water partition coefficient (Wildman–Crippen LogP) is 3.65. The lowest BCUT2D eigenvalue weighted by atomic mass is 9.90. The Morgan fingerprint density at radius 1 is 0.939 bits per heavy atom. The van der Waals surface area contributed by atoms with Crippen molar-refractivity contribution in [2.45, 2.75) is 12.1 Å². The van der Waals surface area contributed by atoms with Crippen molar-refractivity contribution in [3.8, 4) is 5.75 Å². The molecule has 2 aliphatic heterocycles. The van der Waals surface area contributed by atoms with Gasteiger partial charge >= 0.3 is 0 Å². The molecule has 5 rings (SSSR count). The third kappa shape index (κ3) is 3.30. The van der Waals surface area contributed by atoms with Crippen LogP contribution in [0.15, 0.2) is 78.9 Å². The first-order chi connectivity index (χ1) is 16.0. The van der Waals surface area contributed by atoms with E-state index in [-0.39, 0.29) is 5.69 Å². The molecule has 2 saturated heterocycles. The number of para-hydroxylation sites is 3. The van der Waals surface area contributed by atoms with Gasteiger partial charge in [-0.25, -0.2) is 9.96 Å². The van der Waals surface area contributed by atoms with Crippen LogP contribution < -0.4 is 14.7 Å². The van der Waals surface area contributed by atoms with Crippen LogP contribution in [0.1, 0.15) is 11.6 Å². The number of nitro benzene ring substituents is 1. The Labute approximate surface area is 188 Å². The second kappa shape index (κ2) is 8.03. The van der Waals surface area contributed by atoms with E-state index in [1.165, 1.54) is 24.3 Å². The number of fused-ring (bicyclic) bond motifs is 1. The number of nitro groups is 1. The van der Waals surface area contributed by atoms with Crippen LogP contribution in [0.25, 0.3) is 0 Å². The lowest BCUT2D eigenvalue weighted by Crippen LogP contribution is -2.37. The second-order valence-electron chi connectivity index (χ2n) is 7.69. The van der Waals surface area contributed by atoms with E-state index in [9.17, 15) is 19.7 Å². The molecule has 33 heavy (non-hydrogen) atoms. The van der Waals surface area contributed by atoms with Gasteiger partial charge in [0.25, 0.3) is 11.6 Å². The largest absolute Gasteiger partial charge is 0.495 e. The summed E-state index contributed by atoms with van der Waals surface area (Å²) in [5.74, 6) is -1.48. The van der Waals surface area contributed by atoms with Crippen LogP contribution in [0, 0.1) is 16.0 Å². The molecule has 3 aromatic carbocycles. The summed E-state index contributed by atoms with van der Waals surface area (Å²) in [4.78, 5) is 45.1. The highest BCUT2D eigenvalue weighted by atomic mass is 16.7. The van der Waals surface area contributed by atoms with Crippen LogP contribution in [-0.4, -0.2) is 30.0 Å². The van der Waals surface area contributed by atoms with Crippen molar-refractivity contribution in [1.29, 1.82) is 0 Å². The Hall–Kier alpha value is -4.24. The molecule has 0 radical (unpaired) electrons. The minimum absolute atomic E-state index is 0.109. The van der Waals surface area contributed by atoms with Crippen molar-refractivity contribution in [2.75, 3.05) is 17.1 Å². The molecular weight excluding hydrogens is 426 g/mol. The van der Waals surface area contributed by atoms with E-state index in [0.29, 0.717) is 22.7 Å². The number of imide groups is 1. The Kier molecular flexibility index (Phi) is 5.02.